The van der Waals surface area contributed by atoms with E-state index in [1.54, 1.807) is 0 Å². The average molecular weight is 583 g/mol. The van der Waals surface area contributed by atoms with Crippen LogP contribution >= 0.6 is 0 Å². The molecule has 0 saturated heterocycles. The van der Waals surface area contributed by atoms with Gasteiger partial charge in [-0.2, -0.15) is 20.4 Å². The number of nitrogens with zero attached hydrogens (tertiary/aromatic N) is 4. The number of benzene rings is 4. The SMILES string of the molecule is O=C(NN=CC=NNC(=O)C1=NNC(c2ccccc2)(c2ccccc2)C1)C1=NNC(c2ccccc2)(c2ccccc2)C1. The lowest BCUT2D eigenvalue weighted by Crippen LogP contribution is -2.38. The summed E-state index contributed by atoms with van der Waals surface area (Å²) in [6.45, 7) is 0. The van der Waals surface area contributed by atoms with Crippen LogP contribution in [0.4, 0.5) is 0 Å². The number of hydrogen-bond acceptors (Lipinski definition) is 8. The molecule has 0 radical (unpaired) electrons. The van der Waals surface area contributed by atoms with Crippen LogP contribution in [0.2, 0.25) is 0 Å². The summed E-state index contributed by atoms with van der Waals surface area (Å²) in [6, 6.07) is 39.5. The van der Waals surface area contributed by atoms with Gasteiger partial charge in [-0.3, -0.25) is 20.4 Å². The van der Waals surface area contributed by atoms with Crippen molar-refractivity contribution in [3.8, 4) is 0 Å². The van der Waals surface area contributed by atoms with Crippen LogP contribution in [0.1, 0.15) is 35.1 Å². The monoisotopic (exact) mass is 582 g/mol. The van der Waals surface area contributed by atoms with E-state index >= 15 is 0 Å². The Bertz CT molecular complexity index is 1530. The molecule has 4 aromatic rings. The van der Waals surface area contributed by atoms with Gasteiger partial charge < -0.3 is 0 Å². The van der Waals surface area contributed by atoms with Crippen molar-refractivity contribution in [1.29, 1.82) is 0 Å². The second-order valence-corrected chi connectivity index (χ2v) is 10.4. The molecule has 4 N–H and O–H groups in total. The molecule has 6 rings (SSSR count). The highest BCUT2D eigenvalue weighted by atomic mass is 16.2. The summed E-state index contributed by atoms with van der Waals surface area (Å²) >= 11 is 0. The molecule has 0 fully saturated rings. The van der Waals surface area contributed by atoms with E-state index in [2.05, 4.69) is 42.1 Å². The third kappa shape index (κ3) is 5.60. The molecule has 0 bridgehead atoms. The first-order valence-corrected chi connectivity index (χ1v) is 14.2. The van der Waals surface area contributed by atoms with Crippen molar-refractivity contribution in [3.63, 3.8) is 0 Å². The molecule has 2 aliphatic rings. The predicted octanol–water partition coefficient (Wildman–Crippen LogP) is 3.78. The lowest BCUT2D eigenvalue weighted by atomic mass is 9.80. The molecule has 10 nitrogen and oxygen atoms in total. The molecule has 2 heterocycles. The average Bonchev–Trinajstić information content (AvgIpc) is 3.76. The van der Waals surface area contributed by atoms with Crippen LogP contribution < -0.4 is 21.7 Å². The molecular formula is C34H30N8O2. The third-order valence-corrected chi connectivity index (χ3v) is 7.77. The number of hydrogen-bond donors (Lipinski definition) is 4. The normalized spacial score (nSPS) is 16.5. The Labute approximate surface area is 254 Å². The van der Waals surface area contributed by atoms with Crippen LogP contribution in [0, 0.1) is 0 Å². The van der Waals surface area contributed by atoms with Crippen molar-refractivity contribution < 1.29 is 9.59 Å². The Kier molecular flexibility index (Phi) is 8.04. The summed E-state index contributed by atoms with van der Waals surface area (Å²) in [4.78, 5) is 25.7. The van der Waals surface area contributed by atoms with Crippen molar-refractivity contribution >= 4 is 35.7 Å². The smallest absolute Gasteiger partial charge is 0.287 e. The Morgan fingerprint density at radius 1 is 0.545 bits per heavy atom. The molecule has 44 heavy (non-hydrogen) atoms. The highest BCUT2D eigenvalue weighted by Crippen LogP contribution is 2.37. The van der Waals surface area contributed by atoms with E-state index in [1.807, 2.05) is 121 Å². The molecule has 2 amide bonds. The largest absolute Gasteiger partial charge is 0.294 e. The molecule has 0 unspecified atom stereocenters. The number of carbonyl (C=O) groups is 2. The molecule has 0 saturated carbocycles. The molecule has 0 spiro atoms. The van der Waals surface area contributed by atoms with Crippen LogP contribution in [-0.4, -0.2) is 35.7 Å². The van der Waals surface area contributed by atoms with Crippen LogP contribution in [0.15, 0.2) is 142 Å². The summed E-state index contributed by atoms with van der Waals surface area (Å²) in [5.41, 5.74) is 14.6. The van der Waals surface area contributed by atoms with Crippen molar-refractivity contribution in [2.45, 2.75) is 23.9 Å². The molecule has 2 aliphatic heterocycles. The summed E-state index contributed by atoms with van der Waals surface area (Å²) in [7, 11) is 0. The Hall–Kier alpha value is -5.90. The van der Waals surface area contributed by atoms with E-state index in [0.717, 1.165) is 22.3 Å². The van der Waals surface area contributed by atoms with E-state index < -0.39 is 22.9 Å². The Morgan fingerprint density at radius 3 is 1.14 bits per heavy atom. The standard InChI is InChI=1S/C34H30N8O2/c43-31(29-23-33(41-37-29,25-13-5-1-6-14-25)26-15-7-2-8-16-26)39-35-21-22-36-40-32(44)30-24-34(42-38-30,27-17-9-3-10-18-27)28-19-11-4-12-20-28/h1-22,41-42H,23-24H2,(H,39,43)(H,40,44). The molecular weight excluding hydrogens is 552 g/mol. The quantitative estimate of drug-likeness (QED) is 0.177. The zero-order valence-corrected chi connectivity index (χ0v) is 23.7. The molecule has 218 valence electrons. The third-order valence-electron chi connectivity index (χ3n) is 7.77. The maximum absolute atomic E-state index is 12.9. The topological polar surface area (TPSA) is 132 Å². The second kappa shape index (κ2) is 12.5. The fourth-order valence-corrected chi connectivity index (χ4v) is 5.53. The number of rotatable bonds is 9. The van der Waals surface area contributed by atoms with Gasteiger partial charge in [0.2, 0.25) is 0 Å². The van der Waals surface area contributed by atoms with E-state index in [4.69, 9.17) is 0 Å². The molecule has 4 aromatic carbocycles. The van der Waals surface area contributed by atoms with Gasteiger partial charge in [-0.25, -0.2) is 10.9 Å². The lowest BCUT2D eigenvalue weighted by Gasteiger charge is -2.30. The molecule has 0 aromatic heterocycles. The van der Waals surface area contributed by atoms with Crippen LogP contribution in [0.25, 0.3) is 0 Å². The summed E-state index contributed by atoms with van der Waals surface area (Å²) in [6.07, 6.45) is 3.23. The number of nitrogens with one attached hydrogen (secondary N) is 4. The predicted molar refractivity (Wildman–Crippen MR) is 171 cm³/mol. The van der Waals surface area contributed by atoms with E-state index in [-0.39, 0.29) is 0 Å². The Morgan fingerprint density at radius 2 is 0.841 bits per heavy atom. The van der Waals surface area contributed by atoms with Gasteiger partial charge in [0.1, 0.15) is 22.5 Å². The van der Waals surface area contributed by atoms with Gasteiger partial charge in [0.05, 0.1) is 12.4 Å². The minimum absolute atomic E-state index is 0.312. The highest BCUT2D eigenvalue weighted by molar-refractivity contribution is 6.40. The molecule has 10 heteroatoms. The summed E-state index contributed by atoms with van der Waals surface area (Å²) in [5.74, 6) is -0.881. The second-order valence-electron chi connectivity index (χ2n) is 10.4. The number of hydrazone groups is 4. The van der Waals surface area contributed by atoms with Gasteiger partial charge in [-0.15, -0.1) is 0 Å². The van der Waals surface area contributed by atoms with Crippen LogP contribution in [0.5, 0.6) is 0 Å². The maximum atomic E-state index is 12.9. The van der Waals surface area contributed by atoms with Gasteiger partial charge in [-0.1, -0.05) is 121 Å². The fraction of sp³-hybridized carbons (Fsp3) is 0.118. The van der Waals surface area contributed by atoms with Crippen LogP contribution in [0.3, 0.4) is 0 Å². The van der Waals surface area contributed by atoms with E-state index in [1.165, 1.54) is 12.4 Å². The fourth-order valence-electron chi connectivity index (χ4n) is 5.53. The first-order valence-electron chi connectivity index (χ1n) is 14.2. The maximum Gasteiger partial charge on any atom is 0.287 e. The number of amides is 2. The van der Waals surface area contributed by atoms with Crippen LogP contribution in [-0.2, 0) is 20.7 Å². The lowest BCUT2D eigenvalue weighted by molar-refractivity contribution is -0.115. The Balaban J connectivity index is 1.04. The summed E-state index contributed by atoms with van der Waals surface area (Å²) < 4.78 is 0. The first kappa shape index (κ1) is 28.2. The van der Waals surface area contributed by atoms with Gasteiger partial charge in [0.15, 0.2) is 0 Å². The highest BCUT2D eigenvalue weighted by Gasteiger charge is 2.42. The van der Waals surface area contributed by atoms with Crippen molar-refractivity contribution in [1.82, 2.24) is 21.7 Å². The van der Waals surface area contributed by atoms with Gasteiger partial charge >= 0.3 is 0 Å². The molecule has 0 aliphatic carbocycles. The number of carbonyl (C=O) groups excluding carboxylic acids is 2. The minimum Gasteiger partial charge on any atom is -0.294 e. The summed E-state index contributed by atoms with van der Waals surface area (Å²) in [5, 5.41) is 16.6. The van der Waals surface area contributed by atoms with Crippen molar-refractivity contribution in [2.24, 2.45) is 20.4 Å². The van der Waals surface area contributed by atoms with E-state index in [9.17, 15) is 9.59 Å². The van der Waals surface area contributed by atoms with Gasteiger partial charge in [0, 0.05) is 12.8 Å². The molecule has 0 atom stereocenters. The van der Waals surface area contributed by atoms with E-state index in [0.29, 0.717) is 24.3 Å². The zero-order chi connectivity index (χ0) is 30.2. The zero-order valence-electron chi connectivity index (χ0n) is 23.7. The first-order chi connectivity index (χ1) is 21.6. The van der Waals surface area contributed by atoms with Gasteiger partial charge in [0.25, 0.3) is 11.8 Å². The van der Waals surface area contributed by atoms with Gasteiger partial charge in [-0.05, 0) is 22.3 Å². The van der Waals surface area contributed by atoms with Crippen molar-refractivity contribution in [2.75, 3.05) is 0 Å². The minimum atomic E-state index is -0.666. The van der Waals surface area contributed by atoms with Crippen molar-refractivity contribution in [3.05, 3.63) is 144 Å².